The zero-order valence-corrected chi connectivity index (χ0v) is 22.6. The van der Waals surface area contributed by atoms with Gasteiger partial charge in [-0.3, -0.25) is 0 Å². The molecule has 4 heteroatoms. The van der Waals surface area contributed by atoms with Crippen molar-refractivity contribution in [2.45, 2.75) is 12.0 Å². The van der Waals surface area contributed by atoms with Crippen molar-refractivity contribution in [3.8, 4) is 29.0 Å². The van der Waals surface area contributed by atoms with Crippen molar-refractivity contribution >= 4 is 28.4 Å². The maximum Gasteiger partial charge on any atom is 0.101 e. The van der Waals surface area contributed by atoms with Gasteiger partial charge in [0.25, 0.3) is 0 Å². The Morgan fingerprint density at radius 3 is 2.24 bits per heavy atom. The van der Waals surface area contributed by atoms with Gasteiger partial charge in [-0.1, -0.05) is 91.0 Å². The van der Waals surface area contributed by atoms with Gasteiger partial charge >= 0.3 is 0 Å². The maximum atomic E-state index is 10.3. The van der Waals surface area contributed by atoms with Gasteiger partial charge < -0.3 is 9.47 Å². The molecular formula is C38H24N4. The molecule has 1 aromatic heterocycles. The normalized spacial score (nSPS) is 16.4. The molecular weight excluding hydrogens is 512 g/mol. The first kappa shape index (κ1) is 24.0. The number of fused-ring (bicyclic) bond motifs is 7. The predicted octanol–water partition coefficient (Wildman–Crippen LogP) is 8.72. The van der Waals surface area contributed by atoms with Gasteiger partial charge in [0.15, 0.2) is 0 Å². The van der Waals surface area contributed by atoms with E-state index in [4.69, 9.17) is 0 Å². The number of nitrogens with zero attached hydrogens (tertiary/aromatic N) is 4. The van der Waals surface area contributed by atoms with Crippen molar-refractivity contribution in [3.63, 3.8) is 0 Å². The SMILES string of the molecule is N#Cc1ccccc1-c1ccc(C#N)c(N2c3ccccc3C3c4c(c5ccccc5n4-c4ccccc4)C=CC32)c1. The minimum atomic E-state index is -0.0322. The third-order valence-corrected chi connectivity index (χ3v) is 8.63. The van der Waals surface area contributed by atoms with Crippen molar-refractivity contribution in [2.75, 3.05) is 4.90 Å². The Morgan fingerprint density at radius 2 is 1.38 bits per heavy atom. The summed E-state index contributed by atoms with van der Waals surface area (Å²) in [4.78, 5) is 2.32. The number of hydrogen-bond acceptors (Lipinski definition) is 3. The van der Waals surface area contributed by atoms with Crippen LogP contribution in [0.4, 0.5) is 11.4 Å². The number of nitriles is 2. The summed E-state index contributed by atoms with van der Waals surface area (Å²) in [5.74, 6) is 0.0513. The molecule has 0 fully saturated rings. The van der Waals surface area contributed by atoms with Crippen LogP contribution in [0.25, 0.3) is 33.8 Å². The average molecular weight is 537 g/mol. The second-order valence-electron chi connectivity index (χ2n) is 10.7. The molecule has 2 unspecified atom stereocenters. The lowest BCUT2D eigenvalue weighted by molar-refractivity contribution is 0.692. The van der Waals surface area contributed by atoms with E-state index < -0.39 is 0 Å². The minimum Gasteiger partial charge on any atom is -0.332 e. The van der Waals surface area contributed by atoms with Gasteiger partial charge in [-0.2, -0.15) is 10.5 Å². The monoisotopic (exact) mass is 536 g/mol. The first-order valence-corrected chi connectivity index (χ1v) is 14.1. The zero-order chi connectivity index (χ0) is 28.2. The number of rotatable bonds is 3. The van der Waals surface area contributed by atoms with E-state index in [0.29, 0.717) is 11.1 Å². The van der Waals surface area contributed by atoms with Gasteiger partial charge in [0.2, 0.25) is 0 Å². The van der Waals surface area contributed by atoms with E-state index in [1.54, 1.807) is 0 Å². The highest BCUT2D eigenvalue weighted by molar-refractivity contribution is 5.96. The number of aromatic nitrogens is 1. The smallest absolute Gasteiger partial charge is 0.101 e. The van der Waals surface area contributed by atoms with Gasteiger partial charge in [0.05, 0.1) is 40.4 Å². The molecule has 0 spiro atoms. The zero-order valence-electron chi connectivity index (χ0n) is 22.6. The Kier molecular flexibility index (Phi) is 5.36. The molecule has 1 aliphatic carbocycles. The molecule has 2 heterocycles. The predicted molar refractivity (Wildman–Crippen MR) is 168 cm³/mol. The molecule has 1 aliphatic heterocycles. The largest absolute Gasteiger partial charge is 0.332 e. The Morgan fingerprint density at radius 1 is 0.643 bits per heavy atom. The van der Waals surface area contributed by atoms with Crippen LogP contribution in [-0.2, 0) is 0 Å². The van der Waals surface area contributed by atoms with E-state index in [1.165, 1.54) is 27.7 Å². The third kappa shape index (κ3) is 3.40. The molecule has 5 aromatic carbocycles. The van der Waals surface area contributed by atoms with Crippen molar-refractivity contribution in [1.29, 1.82) is 10.5 Å². The lowest BCUT2D eigenvalue weighted by Gasteiger charge is -2.32. The summed E-state index contributed by atoms with van der Waals surface area (Å²) < 4.78 is 2.41. The minimum absolute atomic E-state index is 0.0322. The molecule has 0 N–H and O–H groups in total. The van der Waals surface area contributed by atoms with Crippen LogP contribution in [0.1, 0.15) is 33.9 Å². The number of benzene rings is 5. The molecule has 2 aliphatic rings. The second kappa shape index (κ2) is 9.37. The van der Waals surface area contributed by atoms with Crippen molar-refractivity contribution in [2.24, 2.45) is 0 Å². The van der Waals surface area contributed by atoms with E-state index in [2.05, 4.69) is 119 Å². The topological polar surface area (TPSA) is 55.8 Å². The first-order chi connectivity index (χ1) is 20.8. The van der Waals surface area contributed by atoms with Crippen LogP contribution in [0.5, 0.6) is 0 Å². The van der Waals surface area contributed by atoms with E-state index >= 15 is 0 Å². The first-order valence-electron chi connectivity index (χ1n) is 14.1. The fourth-order valence-corrected chi connectivity index (χ4v) is 6.90. The molecule has 6 aromatic rings. The molecule has 0 bridgehead atoms. The highest BCUT2D eigenvalue weighted by atomic mass is 15.2. The standard InChI is InChI=1S/C38H24N4/c39-23-26-10-4-5-13-29(26)25-18-19-27(24-40)36(22-25)42-34-17-9-7-15-32(34)37-35(42)21-20-31-30-14-6-8-16-33(30)41(38(31)37)28-11-2-1-3-12-28/h1-22,35,37H. The van der Waals surface area contributed by atoms with E-state index in [1.807, 2.05) is 36.4 Å². The van der Waals surface area contributed by atoms with Gasteiger partial charge in [0.1, 0.15) is 6.07 Å². The van der Waals surface area contributed by atoms with Gasteiger partial charge in [-0.25, -0.2) is 0 Å². The number of para-hydroxylation sites is 3. The van der Waals surface area contributed by atoms with Crippen molar-refractivity contribution < 1.29 is 0 Å². The molecule has 0 radical (unpaired) electrons. The van der Waals surface area contributed by atoms with Crippen LogP contribution in [0.15, 0.2) is 127 Å². The highest BCUT2D eigenvalue weighted by Crippen LogP contribution is 2.54. The van der Waals surface area contributed by atoms with Gasteiger partial charge in [0, 0.05) is 28.0 Å². The summed E-state index contributed by atoms with van der Waals surface area (Å²) in [6.07, 6.45) is 4.56. The van der Waals surface area contributed by atoms with Crippen LogP contribution >= 0.6 is 0 Å². The molecule has 0 saturated carbocycles. The van der Waals surface area contributed by atoms with Crippen molar-refractivity contribution in [3.05, 3.63) is 155 Å². The van der Waals surface area contributed by atoms with E-state index in [0.717, 1.165) is 28.2 Å². The lowest BCUT2D eigenvalue weighted by atomic mass is 9.84. The van der Waals surface area contributed by atoms with Gasteiger partial charge in [-0.05, 0) is 59.2 Å². The van der Waals surface area contributed by atoms with E-state index in [9.17, 15) is 10.5 Å². The van der Waals surface area contributed by atoms with Gasteiger partial charge in [-0.15, -0.1) is 0 Å². The van der Waals surface area contributed by atoms with Crippen LogP contribution in [-0.4, -0.2) is 10.6 Å². The van der Waals surface area contributed by atoms with E-state index in [-0.39, 0.29) is 12.0 Å². The van der Waals surface area contributed by atoms with Crippen LogP contribution in [0.3, 0.4) is 0 Å². The molecule has 2 atom stereocenters. The Labute approximate surface area is 244 Å². The fraction of sp³-hybridized carbons (Fsp3) is 0.0526. The molecule has 4 nitrogen and oxygen atoms in total. The highest BCUT2D eigenvalue weighted by Gasteiger charge is 2.44. The Bertz CT molecular complexity index is 2140. The number of hydrogen-bond donors (Lipinski definition) is 0. The van der Waals surface area contributed by atoms with Crippen LogP contribution in [0, 0.1) is 22.7 Å². The molecule has 0 amide bonds. The Balaban J connectivity index is 1.38. The molecule has 8 rings (SSSR count). The molecule has 196 valence electrons. The average Bonchev–Trinajstić information content (AvgIpc) is 3.57. The lowest BCUT2D eigenvalue weighted by Crippen LogP contribution is -2.32. The number of anilines is 2. The fourth-order valence-electron chi connectivity index (χ4n) is 6.90. The van der Waals surface area contributed by atoms with Crippen LogP contribution < -0.4 is 4.90 Å². The third-order valence-electron chi connectivity index (χ3n) is 8.63. The Hall–Kier alpha value is -5.84. The maximum absolute atomic E-state index is 10.3. The summed E-state index contributed by atoms with van der Waals surface area (Å²) in [5.41, 5.74) is 11.0. The molecule has 42 heavy (non-hydrogen) atoms. The quantitative estimate of drug-likeness (QED) is 0.227. The molecule has 0 saturated heterocycles. The summed E-state index contributed by atoms with van der Waals surface area (Å²) in [7, 11) is 0. The van der Waals surface area contributed by atoms with Crippen LogP contribution in [0.2, 0.25) is 0 Å². The summed E-state index contributed by atoms with van der Waals surface area (Å²) >= 11 is 0. The van der Waals surface area contributed by atoms with Crippen molar-refractivity contribution in [1.82, 2.24) is 4.57 Å². The summed E-state index contributed by atoms with van der Waals surface area (Å²) in [6, 6.07) is 46.0. The summed E-state index contributed by atoms with van der Waals surface area (Å²) in [5, 5.41) is 21.3. The second-order valence-corrected chi connectivity index (χ2v) is 10.7. The summed E-state index contributed by atoms with van der Waals surface area (Å²) in [6.45, 7) is 0.